The van der Waals surface area contributed by atoms with E-state index < -0.39 is 0 Å². The molecule has 1 aliphatic carbocycles. The summed E-state index contributed by atoms with van der Waals surface area (Å²) < 4.78 is 0. The Bertz CT molecular complexity index is 98.7. The third kappa shape index (κ3) is 2.19. The second-order valence-electron chi connectivity index (χ2n) is 2.92. The Labute approximate surface area is 57.1 Å². The molecule has 52 valence electrons. The van der Waals surface area contributed by atoms with E-state index in [0.29, 0.717) is 0 Å². The van der Waals surface area contributed by atoms with E-state index in [9.17, 15) is 0 Å². The lowest BCUT2D eigenvalue weighted by Crippen LogP contribution is -2.16. The zero-order valence-electron chi connectivity index (χ0n) is 6.06. The minimum Gasteiger partial charge on any atom is -0.313 e. The average molecular weight is 125 g/mol. The fraction of sp³-hybridized carbons (Fsp3) is 0.750. The van der Waals surface area contributed by atoms with Gasteiger partial charge >= 0.3 is 0 Å². The number of rotatable bonds is 4. The molecule has 0 aromatic heterocycles. The largest absolute Gasteiger partial charge is 0.313 e. The van der Waals surface area contributed by atoms with Gasteiger partial charge in [-0.15, -0.1) is 6.58 Å². The van der Waals surface area contributed by atoms with Crippen LogP contribution in [0.2, 0.25) is 0 Å². The highest BCUT2D eigenvalue weighted by Gasteiger charge is 2.31. The molecule has 0 aliphatic heterocycles. The van der Waals surface area contributed by atoms with E-state index in [2.05, 4.69) is 18.8 Å². The molecule has 0 aromatic carbocycles. The third-order valence-electron chi connectivity index (χ3n) is 1.97. The van der Waals surface area contributed by atoms with Crippen molar-refractivity contribution in [3.63, 3.8) is 0 Å². The van der Waals surface area contributed by atoms with Crippen molar-refractivity contribution in [1.82, 2.24) is 5.32 Å². The van der Waals surface area contributed by atoms with Gasteiger partial charge in [0.25, 0.3) is 0 Å². The summed E-state index contributed by atoms with van der Waals surface area (Å²) in [6.45, 7) is 8.09. The number of hydrogen-bond acceptors (Lipinski definition) is 1. The Kier molecular flexibility index (Phi) is 2.29. The molecule has 0 radical (unpaired) electrons. The van der Waals surface area contributed by atoms with E-state index in [4.69, 9.17) is 0 Å². The first-order valence-electron chi connectivity index (χ1n) is 3.66. The van der Waals surface area contributed by atoms with E-state index in [0.717, 1.165) is 18.4 Å². The lowest BCUT2D eigenvalue weighted by Gasteiger charge is -1.96. The fourth-order valence-corrected chi connectivity index (χ4v) is 1.05. The van der Waals surface area contributed by atoms with Gasteiger partial charge in [0.15, 0.2) is 0 Å². The van der Waals surface area contributed by atoms with Gasteiger partial charge in [0.05, 0.1) is 0 Å². The van der Waals surface area contributed by atoms with Crippen LogP contribution in [0.1, 0.15) is 13.3 Å². The van der Waals surface area contributed by atoms with Crippen LogP contribution < -0.4 is 5.32 Å². The molecule has 0 aromatic rings. The molecule has 9 heavy (non-hydrogen) atoms. The van der Waals surface area contributed by atoms with Crippen molar-refractivity contribution in [1.29, 1.82) is 0 Å². The SMILES string of the molecule is C=CCNC[C@H]1C[C@H]1C. The number of hydrogen-bond donors (Lipinski definition) is 1. The second kappa shape index (κ2) is 3.02. The maximum absolute atomic E-state index is 3.63. The average Bonchev–Trinajstić information content (AvgIpc) is 2.48. The Balaban J connectivity index is 1.88. The van der Waals surface area contributed by atoms with Gasteiger partial charge in [-0.25, -0.2) is 0 Å². The van der Waals surface area contributed by atoms with Crippen LogP contribution in [0.3, 0.4) is 0 Å². The van der Waals surface area contributed by atoms with E-state index in [1.165, 1.54) is 13.0 Å². The van der Waals surface area contributed by atoms with Gasteiger partial charge in [-0.2, -0.15) is 0 Å². The molecule has 0 saturated heterocycles. The molecule has 1 fully saturated rings. The summed E-state index contributed by atoms with van der Waals surface area (Å²) >= 11 is 0. The van der Waals surface area contributed by atoms with Crippen LogP contribution in [-0.2, 0) is 0 Å². The van der Waals surface area contributed by atoms with Crippen LogP contribution in [0.4, 0.5) is 0 Å². The van der Waals surface area contributed by atoms with Crippen molar-refractivity contribution >= 4 is 0 Å². The van der Waals surface area contributed by atoms with Gasteiger partial charge in [0, 0.05) is 6.54 Å². The molecule has 1 nitrogen and oxygen atoms in total. The van der Waals surface area contributed by atoms with Crippen LogP contribution >= 0.6 is 0 Å². The molecule has 0 unspecified atom stereocenters. The third-order valence-corrected chi connectivity index (χ3v) is 1.97. The summed E-state index contributed by atoms with van der Waals surface area (Å²) in [5.74, 6) is 1.94. The Hall–Kier alpha value is -0.300. The molecule has 1 aliphatic rings. The molecule has 0 amide bonds. The van der Waals surface area contributed by atoms with Crippen molar-refractivity contribution in [2.24, 2.45) is 11.8 Å². The summed E-state index contributed by atoms with van der Waals surface area (Å²) in [7, 11) is 0. The topological polar surface area (TPSA) is 12.0 Å². The zero-order chi connectivity index (χ0) is 6.69. The number of nitrogens with one attached hydrogen (secondary N) is 1. The quantitative estimate of drug-likeness (QED) is 0.442. The van der Waals surface area contributed by atoms with Crippen molar-refractivity contribution in [3.8, 4) is 0 Å². The van der Waals surface area contributed by atoms with Crippen molar-refractivity contribution in [3.05, 3.63) is 12.7 Å². The molecule has 0 heterocycles. The van der Waals surface area contributed by atoms with Crippen LogP contribution in [-0.4, -0.2) is 13.1 Å². The predicted molar refractivity (Wildman–Crippen MR) is 40.3 cm³/mol. The smallest absolute Gasteiger partial charge is 0.0132 e. The highest BCUT2D eigenvalue weighted by molar-refractivity contribution is 4.84. The van der Waals surface area contributed by atoms with E-state index in [1.54, 1.807) is 0 Å². The minimum absolute atomic E-state index is 0.962. The maximum atomic E-state index is 3.63. The first kappa shape index (κ1) is 6.81. The van der Waals surface area contributed by atoms with Crippen LogP contribution in [0.15, 0.2) is 12.7 Å². The van der Waals surface area contributed by atoms with Gasteiger partial charge in [0.1, 0.15) is 0 Å². The Morgan fingerprint density at radius 1 is 1.78 bits per heavy atom. The molecule has 0 bridgehead atoms. The summed E-state index contributed by atoms with van der Waals surface area (Å²) in [5, 5.41) is 3.31. The van der Waals surface area contributed by atoms with Gasteiger partial charge in [0.2, 0.25) is 0 Å². The summed E-state index contributed by atoms with van der Waals surface area (Å²) in [4.78, 5) is 0. The van der Waals surface area contributed by atoms with E-state index in [1.807, 2.05) is 6.08 Å². The van der Waals surface area contributed by atoms with Crippen LogP contribution in [0.5, 0.6) is 0 Å². The molecular weight excluding hydrogens is 110 g/mol. The van der Waals surface area contributed by atoms with Gasteiger partial charge in [-0.05, 0) is 24.8 Å². The second-order valence-corrected chi connectivity index (χ2v) is 2.92. The Morgan fingerprint density at radius 3 is 2.89 bits per heavy atom. The molecule has 1 rings (SSSR count). The van der Waals surface area contributed by atoms with E-state index >= 15 is 0 Å². The molecular formula is C8H15N. The van der Waals surface area contributed by atoms with Crippen molar-refractivity contribution < 1.29 is 0 Å². The molecule has 1 N–H and O–H groups in total. The van der Waals surface area contributed by atoms with Crippen LogP contribution in [0, 0.1) is 11.8 Å². The van der Waals surface area contributed by atoms with Gasteiger partial charge < -0.3 is 5.32 Å². The molecule has 1 heteroatoms. The summed E-state index contributed by atoms with van der Waals surface area (Å²) in [6, 6.07) is 0. The summed E-state index contributed by atoms with van der Waals surface area (Å²) in [5.41, 5.74) is 0. The Morgan fingerprint density at radius 2 is 2.44 bits per heavy atom. The molecule has 1 saturated carbocycles. The first-order valence-corrected chi connectivity index (χ1v) is 3.66. The lowest BCUT2D eigenvalue weighted by molar-refractivity contribution is 0.647. The predicted octanol–water partition coefficient (Wildman–Crippen LogP) is 1.42. The monoisotopic (exact) mass is 125 g/mol. The maximum Gasteiger partial charge on any atom is 0.0132 e. The fourth-order valence-electron chi connectivity index (χ4n) is 1.05. The van der Waals surface area contributed by atoms with Crippen molar-refractivity contribution in [2.45, 2.75) is 13.3 Å². The van der Waals surface area contributed by atoms with Crippen molar-refractivity contribution in [2.75, 3.05) is 13.1 Å². The highest BCUT2D eigenvalue weighted by Crippen LogP contribution is 2.36. The highest BCUT2D eigenvalue weighted by atomic mass is 14.9. The normalized spacial score (nSPS) is 32.1. The van der Waals surface area contributed by atoms with Crippen LogP contribution in [0.25, 0.3) is 0 Å². The lowest BCUT2D eigenvalue weighted by atomic mass is 10.3. The molecule has 0 spiro atoms. The summed E-state index contributed by atoms with van der Waals surface area (Å²) in [6.07, 6.45) is 3.33. The van der Waals surface area contributed by atoms with Gasteiger partial charge in [-0.3, -0.25) is 0 Å². The van der Waals surface area contributed by atoms with E-state index in [-0.39, 0.29) is 0 Å². The van der Waals surface area contributed by atoms with Gasteiger partial charge in [-0.1, -0.05) is 13.0 Å². The zero-order valence-corrected chi connectivity index (χ0v) is 6.06. The standard InChI is InChI=1S/C8H15N/c1-3-4-9-6-8-5-7(8)2/h3,7-9H,1,4-6H2,2H3/t7-,8-/m1/s1. The first-order chi connectivity index (χ1) is 4.34. The molecule has 2 atom stereocenters. The minimum atomic E-state index is 0.962.